The molecule has 2 atom stereocenters. The Kier molecular flexibility index (Phi) is 4.96. The van der Waals surface area contributed by atoms with Crippen LogP contribution in [0.3, 0.4) is 0 Å². The first-order valence-corrected chi connectivity index (χ1v) is 7.52. The fourth-order valence-electron chi connectivity index (χ4n) is 3.11. The summed E-state index contributed by atoms with van der Waals surface area (Å²) in [6, 6.07) is 1.81. The summed E-state index contributed by atoms with van der Waals surface area (Å²) in [6.07, 6.45) is 4.90. The maximum atomic E-state index is 12.5. The highest BCUT2D eigenvalue weighted by molar-refractivity contribution is 5.94. The molecule has 1 saturated heterocycles. The molecule has 0 saturated carbocycles. The Morgan fingerprint density at radius 3 is 2.86 bits per heavy atom. The first-order chi connectivity index (χ1) is 10.0. The number of piperidine rings is 1. The summed E-state index contributed by atoms with van der Waals surface area (Å²) in [7, 11) is 0. The Morgan fingerprint density at radius 2 is 2.29 bits per heavy atom. The van der Waals surface area contributed by atoms with Crippen LogP contribution in [-0.4, -0.2) is 51.8 Å². The zero-order chi connectivity index (χ0) is 15.5. The minimum Gasteiger partial charge on any atom is -0.396 e. The average Bonchev–Trinajstić information content (AvgIpc) is 2.49. The van der Waals surface area contributed by atoms with Crippen molar-refractivity contribution < 1.29 is 15.0 Å². The Balaban J connectivity index is 2.10. The molecule has 1 aromatic heterocycles. The van der Waals surface area contributed by atoms with Gasteiger partial charge in [0.15, 0.2) is 0 Å². The summed E-state index contributed by atoms with van der Waals surface area (Å²) in [4.78, 5) is 18.2. The number of nitrogens with zero attached hydrogens (tertiary/aromatic N) is 2. The number of hydrogen-bond acceptors (Lipinski definition) is 4. The lowest BCUT2D eigenvalue weighted by Crippen LogP contribution is -2.54. The molecule has 2 N–H and O–H groups in total. The second-order valence-corrected chi connectivity index (χ2v) is 6.04. The molecule has 2 rings (SSSR count). The minimum atomic E-state index is -0.682. The normalized spacial score (nSPS) is 25.9. The maximum Gasteiger partial charge on any atom is 0.255 e. The Labute approximate surface area is 125 Å². The second-order valence-electron chi connectivity index (χ2n) is 6.04. The maximum absolute atomic E-state index is 12.5. The van der Waals surface area contributed by atoms with Crippen molar-refractivity contribution in [3.05, 3.63) is 29.6 Å². The number of likely N-dealkylation sites (tertiary alicyclic amines) is 1. The second kappa shape index (κ2) is 6.54. The van der Waals surface area contributed by atoms with Crippen molar-refractivity contribution in [2.45, 2.75) is 39.2 Å². The number of amides is 1. The third-order valence-corrected chi connectivity index (χ3v) is 4.45. The van der Waals surface area contributed by atoms with Gasteiger partial charge in [0.05, 0.1) is 18.3 Å². The third-order valence-electron chi connectivity index (χ3n) is 4.45. The van der Waals surface area contributed by atoms with E-state index in [-0.39, 0.29) is 19.1 Å². The number of rotatable bonds is 4. The fourth-order valence-corrected chi connectivity index (χ4v) is 3.11. The summed E-state index contributed by atoms with van der Waals surface area (Å²) < 4.78 is 0. The van der Waals surface area contributed by atoms with E-state index in [2.05, 4.69) is 4.98 Å². The van der Waals surface area contributed by atoms with Crippen LogP contribution in [0.4, 0.5) is 0 Å². The summed E-state index contributed by atoms with van der Waals surface area (Å²) in [5.74, 6) is -0.103. The number of carbonyl (C=O) groups excluding carboxylic acids is 1. The topological polar surface area (TPSA) is 73.7 Å². The van der Waals surface area contributed by atoms with E-state index in [0.29, 0.717) is 18.5 Å². The molecule has 2 heterocycles. The van der Waals surface area contributed by atoms with Crippen LogP contribution in [0.5, 0.6) is 0 Å². The molecule has 1 amide bonds. The molecule has 1 aromatic rings. The number of β-amino-alcohol motifs (C(OH)–C–C–N with tert-alkyl or cyclic N) is 1. The number of carbonyl (C=O) groups is 1. The molecule has 5 nitrogen and oxygen atoms in total. The Morgan fingerprint density at radius 1 is 1.52 bits per heavy atom. The fraction of sp³-hybridized carbons (Fsp3) is 0.625. The number of aliphatic hydroxyl groups is 2. The lowest BCUT2D eigenvalue weighted by atomic mass is 9.73. The predicted octanol–water partition coefficient (Wildman–Crippen LogP) is 1.38. The summed E-state index contributed by atoms with van der Waals surface area (Å²) >= 11 is 0. The van der Waals surface area contributed by atoms with Gasteiger partial charge in [-0.15, -0.1) is 0 Å². The van der Waals surface area contributed by atoms with E-state index < -0.39 is 11.5 Å². The highest BCUT2D eigenvalue weighted by Crippen LogP contribution is 2.36. The SMILES string of the molecule is CCC[C@]1(CO)CCN(C(=O)c2cncc(C)c2)C[C@H]1O. The Bertz CT molecular complexity index is 506. The van der Waals surface area contributed by atoms with Crippen molar-refractivity contribution in [1.29, 1.82) is 0 Å². The minimum absolute atomic E-state index is 0.0317. The van der Waals surface area contributed by atoms with Crippen LogP contribution >= 0.6 is 0 Å². The molecule has 1 aliphatic rings. The molecule has 0 radical (unpaired) electrons. The zero-order valence-corrected chi connectivity index (χ0v) is 12.7. The van der Waals surface area contributed by atoms with Crippen LogP contribution in [0.25, 0.3) is 0 Å². The van der Waals surface area contributed by atoms with E-state index in [1.165, 1.54) is 0 Å². The number of aromatic nitrogens is 1. The van der Waals surface area contributed by atoms with Gasteiger partial charge in [-0.05, 0) is 31.4 Å². The van der Waals surface area contributed by atoms with Gasteiger partial charge >= 0.3 is 0 Å². The van der Waals surface area contributed by atoms with Gasteiger partial charge in [0.2, 0.25) is 0 Å². The number of aryl methyl sites for hydroxylation is 1. The smallest absolute Gasteiger partial charge is 0.255 e. The molecule has 21 heavy (non-hydrogen) atoms. The van der Waals surface area contributed by atoms with E-state index in [0.717, 1.165) is 18.4 Å². The van der Waals surface area contributed by atoms with Crippen molar-refractivity contribution in [2.24, 2.45) is 5.41 Å². The van der Waals surface area contributed by atoms with Gasteiger partial charge in [-0.2, -0.15) is 0 Å². The van der Waals surface area contributed by atoms with Crippen molar-refractivity contribution >= 4 is 5.91 Å². The van der Waals surface area contributed by atoms with Crippen LogP contribution in [0, 0.1) is 12.3 Å². The quantitative estimate of drug-likeness (QED) is 0.879. The van der Waals surface area contributed by atoms with E-state index in [9.17, 15) is 15.0 Å². The van der Waals surface area contributed by atoms with Gasteiger partial charge < -0.3 is 15.1 Å². The lowest BCUT2D eigenvalue weighted by molar-refractivity contribution is -0.0713. The summed E-state index contributed by atoms with van der Waals surface area (Å²) in [5.41, 5.74) is 1.03. The molecular weight excluding hydrogens is 268 g/mol. The molecule has 5 heteroatoms. The van der Waals surface area contributed by atoms with E-state index in [1.807, 2.05) is 19.9 Å². The van der Waals surface area contributed by atoms with Crippen molar-refractivity contribution in [2.75, 3.05) is 19.7 Å². The number of hydrogen-bond donors (Lipinski definition) is 2. The van der Waals surface area contributed by atoms with Gasteiger partial charge in [0, 0.05) is 30.9 Å². The van der Waals surface area contributed by atoms with Gasteiger partial charge in [0.25, 0.3) is 5.91 Å². The highest BCUT2D eigenvalue weighted by Gasteiger charge is 2.42. The standard InChI is InChI=1S/C16H24N2O3/c1-3-4-16(11-19)5-6-18(10-14(16)20)15(21)13-7-12(2)8-17-9-13/h7-9,14,19-20H,3-6,10-11H2,1-2H3/t14-,16-/m1/s1. The van der Waals surface area contributed by atoms with Crippen LogP contribution < -0.4 is 0 Å². The average molecular weight is 292 g/mol. The molecular formula is C16H24N2O3. The molecule has 0 aromatic carbocycles. The van der Waals surface area contributed by atoms with E-state index in [4.69, 9.17) is 0 Å². The van der Waals surface area contributed by atoms with Crippen LogP contribution in [0.2, 0.25) is 0 Å². The molecule has 0 aliphatic carbocycles. The van der Waals surface area contributed by atoms with Gasteiger partial charge in [-0.1, -0.05) is 13.3 Å². The number of aliphatic hydroxyl groups excluding tert-OH is 2. The largest absolute Gasteiger partial charge is 0.396 e. The van der Waals surface area contributed by atoms with Crippen molar-refractivity contribution in [1.82, 2.24) is 9.88 Å². The third kappa shape index (κ3) is 3.24. The zero-order valence-electron chi connectivity index (χ0n) is 12.7. The molecule has 116 valence electrons. The first-order valence-electron chi connectivity index (χ1n) is 7.52. The van der Waals surface area contributed by atoms with Crippen LogP contribution in [0.1, 0.15) is 42.1 Å². The monoisotopic (exact) mass is 292 g/mol. The number of pyridine rings is 1. The van der Waals surface area contributed by atoms with Crippen LogP contribution in [0.15, 0.2) is 18.5 Å². The van der Waals surface area contributed by atoms with Gasteiger partial charge in [-0.3, -0.25) is 9.78 Å². The Hall–Kier alpha value is -1.46. The molecule has 0 spiro atoms. The van der Waals surface area contributed by atoms with Crippen molar-refractivity contribution in [3.8, 4) is 0 Å². The molecule has 0 unspecified atom stereocenters. The van der Waals surface area contributed by atoms with E-state index >= 15 is 0 Å². The lowest BCUT2D eigenvalue weighted by Gasteiger charge is -2.44. The molecule has 1 aliphatic heterocycles. The summed E-state index contributed by atoms with van der Waals surface area (Å²) in [5, 5.41) is 20.0. The van der Waals surface area contributed by atoms with Crippen LogP contribution in [-0.2, 0) is 0 Å². The van der Waals surface area contributed by atoms with Gasteiger partial charge in [0.1, 0.15) is 0 Å². The highest BCUT2D eigenvalue weighted by atomic mass is 16.3. The predicted molar refractivity (Wildman–Crippen MR) is 79.9 cm³/mol. The summed E-state index contributed by atoms with van der Waals surface area (Å²) in [6.45, 7) is 4.74. The molecule has 0 bridgehead atoms. The first kappa shape index (κ1) is 15.9. The van der Waals surface area contributed by atoms with Crippen molar-refractivity contribution in [3.63, 3.8) is 0 Å². The molecule has 1 fully saturated rings. The van der Waals surface area contributed by atoms with E-state index in [1.54, 1.807) is 17.3 Å². The van der Waals surface area contributed by atoms with Gasteiger partial charge in [-0.25, -0.2) is 0 Å².